The Bertz CT molecular complexity index is 1260. The van der Waals surface area contributed by atoms with Gasteiger partial charge in [0, 0.05) is 34.6 Å². The maximum Gasteiger partial charge on any atom is 0.259 e. The summed E-state index contributed by atoms with van der Waals surface area (Å²) in [7, 11) is 1.53. The highest BCUT2D eigenvalue weighted by molar-refractivity contribution is 6.35. The van der Waals surface area contributed by atoms with Crippen molar-refractivity contribution in [2.75, 3.05) is 18.5 Å². The Balaban J connectivity index is 1.68. The Labute approximate surface area is 202 Å². The quantitative estimate of drug-likeness (QED) is 0.531. The van der Waals surface area contributed by atoms with Crippen LogP contribution in [-0.2, 0) is 16.1 Å². The van der Waals surface area contributed by atoms with Crippen LogP contribution in [0.3, 0.4) is 0 Å². The van der Waals surface area contributed by atoms with E-state index < -0.39 is 6.04 Å². The van der Waals surface area contributed by atoms with E-state index in [0.29, 0.717) is 33.3 Å². The van der Waals surface area contributed by atoms with E-state index in [4.69, 9.17) is 23.2 Å². The molecular formula is C25H23Cl2N3O3. The van der Waals surface area contributed by atoms with Gasteiger partial charge in [-0.1, -0.05) is 60.5 Å². The summed E-state index contributed by atoms with van der Waals surface area (Å²) >= 11 is 12.4. The van der Waals surface area contributed by atoms with E-state index >= 15 is 0 Å². The van der Waals surface area contributed by atoms with Crippen LogP contribution in [0.5, 0.6) is 0 Å². The summed E-state index contributed by atoms with van der Waals surface area (Å²) in [4.78, 5) is 42.3. The van der Waals surface area contributed by atoms with E-state index in [9.17, 15) is 14.4 Å². The number of halogens is 2. The molecule has 1 N–H and O–H groups in total. The molecule has 1 aliphatic heterocycles. The van der Waals surface area contributed by atoms with Gasteiger partial charge in [0.15, 0.2) is 0 Å². The minimum absolute atomic E-state index is 0.111. The molecule has 0 fully saturated rings. The third kappa shape index (κ3) is 4.28. The van der Waals surface area contributed by atoms with Crippen molar-refractivity contribution in [3.63, 3.8) is 0 Å². The molecule has 4 rings (SSSR count). The van der Waals surface area contributed by atoms with Gasteiger partial charge < -0.3 is 10.2 Å². The van der Waals surface area contributed by atoms with Gasteiger partial charge in [0.1, 0.15) is 12.6 Å². The van der Waals surface area contributed by atoms with Gasteiger partial charge in [0.25, 0.3) is 5.91 Å². The van der Waals surface area contributed by atoms with E-state index in [0.717, 1.165) is 10.8 Å². The molecular weight excluding hydrogens is 461 g/mol. The smallest absolute Gasteiger partial charge is 0.259 e. The Morgan fingerprint density at radius 2 is 1.82 bits per heavy atom. The lowest BCUT2D eigenvalue weighted by atomic mass is 10.1. The summed E-state index contributed by atoms with van der Waals surface area (Å²) < 4.78 is 0. The second-order valence-corrected chi connectivity index (χ2v) is 8.71. The van der Waals surface area contributed by atoms with Crippen molar-refractivity contribution in [1.82, 2.24) is 10.2 Å². The monoisotopic (exact) mass is 483 g/mol. The van der Waals surface area contributed by atoms with Crippen LogP contribution in [0.4, 0.5) is 5.69 Å². The average Bonchev–Trinajstić information content (AvgIpc) is 3.08. The minimum atomic E-state index is -0.717. The van der Waals surface area contributed by atoms with Crippen molar-refractivity contribution >= 4 is 57.4 Å². The van der Waals surface area contributed by atoms with Crippen molar-refractivity contribution in [2.45, 2.75) is 25.9 Å². The highest BCUT2D eigenvalue weighted by Gasteiger charge is 2.35. The number of anilines is 1. The highest BCUT2D eigenvalue weighted by Crippen LogP contribution is 2.37. The normalized spacial score (nSPS) is 13.3. The third-order valence-electron chi connectivity index (χ3n) is 5.93. The lowest BCUT2D eigenvalue weighted by molar-refractivity contribution is -0.140. The highest BCUT2D eigenvalue weighted by atomic mass is 35.5. The molecule has 0 saturated heterocycles. The van der Waals surface area contributed by atoms with Crippen molar-refractivity contribution in [3.05, 3.63) is 75.8 Å². The van der Waals surface area contributed by atoms with Crippen molar-refractivity contribution < 1.29 is 14.4 Å². The first-order chi connectivity index (χ1) is 15.8. The Hall–Kier alpha value is -3.09. The molecule has 170 valence electrons. The van der Waals surface area contributed by atoms with Gasteiger partial charge in [-0.15, -0.1) is 0 Å². The first-order valence-electron chi connectivity index (χ1n) is 10.6. The average molecular weight is 484 g/mol. The van der Waals surface area contributed by atoms with Crippen molar-refractivity contribution in [3.8, 4) is 0 Å². The zero-order chi connectivity index (χ0) is 23.7. The van der Waals surface area contributed by atoms with Gasteiger partial charge in [-0.25, -0.2) is 0 Å². The lowest BCUT2D eigenvalue weighted by Crippen LogP contribution is -2.51. The standard InChI is InChI=1S/C25H23Cl2N3O3/c1-3-20(24(32)28-2)29(13-16-10-11-17(26)12-19(16)27)22(31)14-30-21-9-5-7-15-6-4-8-18(23(15)21)25(30)33/h4-12,20H,3,13-14H2,1-2H3,(H,28,32)/t20-/m1/s1. The van der Waals surface area contributed by atoms with E-state index in [2.05, 4.69) is 5.32 Å². The van der Waals surface area contributed by atoms with Crippen LogP contribution in [0.25, 0.3) is 10.8 Å². The number of hydrogen-bond donors (Lipinski definition) is 1. The van der Waals surface area contributed by atoms with Gasteiger partial charge in [-0.3, -0.25) is 19.3 Å². The minimum Gasteiger partial charge on any atom is -0.357 e. The Morgan fingerprint density at radius 1 is 1.09 bits per heavy atom. The van der Waals surface area contributed by atoms with Crippen LogP contribution < -0.4 is 10.2 Å². The van der Waals surface area contributed by atoms with E-state index in [1.54, 1.807) is 24.3 Å². The largest absolute Gasteiger partial charge is 0.357 e. The molecule has 8 heteroatoms. The van der Waals surface area contributed by atoms with E-state index in [1.165, 1.54) is 16.8 Å². The number of likely N-dealkylation sites (N-methyl/N-ethyl adjacent to an activating group) is 1. The fourth-order valence-electron chi connectivity index (χ4n) is 4.28. The van der Waals surface area contributed by atoms with Gasteiger partial charge in [-0.2, -0.15) is 0 Å². The molecule has 3 aromatic carbocycles. The number of rotatable bonds is 7. The van der Waals surface area contributed by atoms with Gasteiger partial charge >= 0.3 is 0 Å². The number of nitrogens with one attached hydrogen (secondary N) is 1. The lowest BCUT2D eigenvalue weighted by Gasteiger charge is -2.32. The molecule has 0 radical (unpaired) electrons. The molecule has 1 aliphatic rings. The summed E-state index contributed by atoms with van der Waals surface area (Å²) in [6.45, 7) is 1.76. The summed E-state index contributed by atoms with van der Waals surface area (Å²) in [6.07, 6.45) is 0.403. The van der Waals surface area contributed by atoms with Gasteiger partial charge in [0.05, 0.1) is 5.69 Å². The third-order valence-corrected chi connectivity index (χ3v) is 6.52. The molecule has 0 aromatic heterocycles. The number of hydrogen-bond acceptors (Lipinski definition) is 3. The van der Waals surface area contributed by atoms with Crippen LogP contribution in [0.1, 0.15) is 29.3 Å². The van der Waals surface area contributed by atoms with Crippen LogP contribution in [0.15, 0.2) is 54.6 Å². The van der Waals surface area contributed by atoms with Crippen LogP contribution in [0, 0.1) is 0 Å². The summed E-state index contributed by atoms with van der Waals surface area (Å²) in [6, 6.07) is 15.5. The van der Waals surface area contributed by atoms with Gasteiger partial charge in [-0.05, 0) is 41.6 Å². The Morgan fingerprint density at radius 3 is 2.48 bits per heavy atom. The molecule has 3 aromatic rings. The van der Waals surface area contributed by atoms with Crippen molar-refractivity contribution in [2.24, 2.45) is 0 Å². The van der Waals surface area contributed by atoms with Crippen molar-refractivity contribution in [1.29, 1.82) is 0 Å². The fourth-order valence-corrected chi connectivity index (χ4v) is 4.75. The van der Waals surface area contributed by atoms with Gasteiger partial charge in [0.2, 0.25) is 11.8 Å². The maximum atomic E-state index is 13.6. The summed E-state index contributed by atoms with van der Waals surface area (Å²) in [5.41, 5.74) is 1.93. The molecule has 0 unspecified atom stereocenters. The number of benzene rings is 3. The summed E-state index contributed by atoms with van der Waals surface area (Å²) in [5.74, 6) is -0.865. The maximum absolute atomic E-state index is 13.6. The van der Waals surface area contributed by atoms with Crippen LogP contribution in [-0.4, -0.2) is 42.3 Å². The molecule has 33 heavy (non-hydrogen) atoms. The van der Waals surface area contributed by atoms with E-state index in [-0.39, 0.29) is 30.8 Å². The molecule has 3 amide bonds. The fraction of sp³-hybridized carbons (Fsp3) is 0.240. The number of amides is 3. The number of carbonyl (C=O) groups is 3. The Kier molecular flexibility index (Phi) is 6.58. The SMILES string of the molecule is CC[C@H](C(=O)NC)N(Cc1ccc(Cl)cc1Cl)C(=O)CN1C(=O)c2cccc3cccc1c23. The molecule has 0 spiro atoms. The number of nitrogens with zero attached hydrogens (tertiary/aromatic N) is 2. The topological polar surface area (TPSA) is 69.7 Å². The predicted octanol–water partition coefficient (Wildman–Crippen LogP) is 4.66. The molecule has 6 nitrogen and oxygen atoms in total. The van der Waals surface area contributed by atoms with Crippen LogP contribution >= 0.6 is 23.2 Å². The first kappa shape index (κ1) is 23.1. The zero-order valence-corrected chi connectivity index (χ0v) is 19.8. The van der Waals surface area contributed by atoms with Crippen LogP contribution in [0.2, 0.25) is 10.0 Å². The summed E-state index contributed by atoms with van der Waals surface area (Å²) in [5, 5.41) is 5.29. The predicted molar refractivity (Wildman–Crippen MR) is 131 cm³/mol. The molecule has 1 heterocycles. The molecule has 1 atom stereocenters. The zero-order valence-electron chi connectivity index (χ0n) is 18.3. The second-order valence-electron chi connectivity index (χ2n) is 7.87. The van der Waals surface area contributed by atoms with E-state index in [1.807, 2.05) is 37.3 Å². The molecule has 0 bridgehead atoms. The second kappa shape index (κ2) is 9.41. The molecule has 0 aliphatic carbocycles. The number of carbonyl (C=O) groups excluding carboxylic acids is 3. The molecule has 0 saturated carbocycles. The first-order valence-corrected chi connectivity index (χ1v) is 11.4.